The van der Waals surface area contributed by atoms with Gasteiger partial charge in [-0.25, -0.2) is 0 Å². The number of nitrogens with zero attached hydrogens (tertiary/aromatic N) is 1. The van der Waals surface area contributed by atoms with E-state index in [0.717, 1.165) is 25.4 Å². The van der Waals surface area contributed by atoms with Crippen molar-refractivity contribution in [3.8, 4) is 5.75 Å². The number of nitrogens with two attached hydrogens (primary N) is 1. The van der Waals surface area contributed by atoms with Crippen LogP contribution in [0.1, 0.15) is 16.7 Å². The zero-order chi connectivity index (χ0) is 16.2. The molecule has 2 N–H and O–H groups in total. The highest BCUT2D eigenvalue weighted by atomic mass is 16.5. The van der Waals surface area contributed by atoms with Crippen molar-refractivity contribution in [3.63, 3.8) is 0 Å². The maximum absolute atomic E-state index is 11.0. The molecule has 120 valence electrons. The molecule has 1 aliphatic heterocycles. The van der Waals surface area contributed by atoms with E-state index in [0.29, 0.717) is 6.61 Å². The molecule has 0 spiro atoms. The zero-order valence-corrected chi connectivity index (χ0v) is 13.4. The lowest BCUT2D eigenvalue weighted by molar-refractivity contribution is -0.127. The highest BCUT2D eigenvalue weighted by Crippen LogP contribution is 2.20. The molecule has 23 heavy (non-hydrogen) atoms. The summed E-state index contributed by atoms with van der Waals surface area (Å²) in [6, 6.07) is 16.5. The molecule has 0 atom stereocenters. The molecule has 1 saturated heterocycles. The lowest BCUT2D eigenvalue weighted by Crippen LogP contribution is -2.51. The van der Waals surface area contributed by atoms with E-state index in [9.17, 15) is 4.79 Å². The Morgan fingerprint density at radius 2 is 1.91 bits per heavy atom. The third kappa shape index (κ3) is 4.11. The van der Waals surface area contributed by atoms with Crippen LogP contribution in [-0.4, -0.2) is 23.9 Å². The number of benzene rings is 2. The van der Waals surface area contributed by atoms with Crippen LogP contribution in [0.5, 0.6) is 5.75 Å². The van der Waals surface area contributed by atoms with Gasteiger partial charge >= 0.3 is 0 Å². The Balaban J connectivity index is 1.48. The van der Waals surface area contributed by atoms with Crippen molar-refractivity contribution in [2.75, 3.05) is 13.1 Å². The molecule has 0 aliphatic carbocycles. The maximum atomic E-state index is 11.0. The van der Waals surface area contributed by atoms with E-state index in [1.807, 2.05) is 18.2 Å². The minimum atomic E-state index is -0.193. The zero-order valence-electron chi connectivity index (χ0n) is 13.4. The molecular formula is C19H22N2O2. The molecule has 0 bridgehead atoms. The molecular weight excluding hydrogens is 288 g/mol. The number of primary amides is 1. The van der Waals surface area contributed by atoms with Gasteiger partial charge in [0.05, 0.1) is 5.92 Å². The Hall–Kier alpha value is -2.33. The molecule has 1 aliphatic rings. The molecule has 0 radical (unpaired) electrons. The molecule has 4 nitrogen and oxygen atoms in total. The second kappa shape index (κ2) is 6.84. The summed E-state index contributed by atoms with van der Waals surface area (Å²) in [7, 11) is 0. The lowest BCUT2D eigenvalue weighted by Gasteiger charge is -2.37. The van der Waals surface area contributed by atoms with Gasteiger partial charge in [-0.2, -0.15) is 0 Å². The van der Waals surface area contributed by atoms with Gasteiger partial charge in [-0.15, -0.1) is 0 Å². The van der Waals surface area contributed by atoms with Gasteiger partial charge in [0.2, 0.25) is 5.91 Å². The monoisotopic (exact) mass is 310 g/mol. The van der Waals surface area contributed by atoms with Crippen molar-refractivity contribution in [1.82, 2.24) is 4.90 Å². The van der Waals surface area contributed by atoms with E-state index in [1.54, 1.807) is 0 Å². The number of amides is 1. The van der Waals surface area contributed by atoms with Gasteiger partial charge < -0.3 is 10.5 Å². The van der Waals surface area contributed by atoms with E-state index >= 15 is 0 Å². The number of likely N-dealkylation sites (tertiary alicyclic amines) is 1. The molecule has 0 unspecified atom stereocenters. The summed E-state index contributed by atoms with van der Waals surface area (Å²) in [6.45, 7) is 5.04. The van der Waals surface area contributed by atoms with Gasteiger partial charge in [0, 0.05) is 19.6 Å². The van der Waals surface area contributed by atoms with Crippen LogP contribution in [0, 0.1) is 12.8 Å². The number of hydrogen-bond acceptors (Lipinski definition) is 3. The van der Waals surface area contributed by atoms with E-state index in [-0.39, 0.29) is 11.8 Å². The SMILES string of the molecule is Cc1cccc(COc2ccc(CN3CC(C(N)=O)C3)cc2)c1. The molecule has 1 fully saturated rings. The fraction of sp³-hybridized carbons (Fsp3) is 0.316. The molecule has 2 aromatic rings. The average molecular weight is 310 g/mol. The number of carbonyl (C=O) groups excluding carboxylic acids is 1. The van der Waals surface area contributed by atoms with Crippen LogP contribution in [0.25, 0.3) is 0 Å². The Morgan fingerprint density at radius 3 is 2.57 bits per heavy atom. The lowest BCUT2D eigenvalue weighted by atomic mass is 9.99. The number of hydrogen-bond donors (Lipinski definition) is 1. The molecule has 1 heterocycles. The van der Waals surface area contributed by atoms with Gasteiger partial charge in [-0.3, -0.25) is 9.69 Å². The first-order valence-electron chi connectivity index (χ1n) is 7.89. The van der Waals surface area contributed by atoms with Crippen LogP contribution in [0.15, 0.2) is 48.5 Å². The van der Waals surface area contributed by atoms with Crippen LogP contribution in [0.4, 0.5) is 0 Å². The minimum absolute atomic E-state index is 0.0203. The van der Waals surface area contributed by atoms with Gasteiger partial charge in [-0.05, 0) is 30.2 Å². The first kappa shape index (κ1) is 15.6. The van der Waals surface area contributed by atoms with Crippen LogP contribution >= 0.6 is 0 Å². The highest BCUT2D eigenvalue weighted by Gasteiger charge is 2.30. The molecule has 2 aromatic carbocycles. The summed E-state index contributed by atoms with van der Waals surface area (Å²) in [6.07, 6.45) is 0. The number of rotatable bonds is 6. The van der Waals surface area contributed by atoms with Crippen molar-refractivity contribution in [2.45, 2.75) is 20.1 Å². The Labute approximate surface area is 136 Å². The normalized spacial score (nSPS) is 15.2. The topological polar surface area (TPSA) is 55.6 Å². The van der Waals surface area contributed by atoms with E-state index in [1.165, 1.54) is 16.7 Å². The quantitative estimate of drug-likeness (QED) is 0.892. The third-order valence-corrected chi connectivity index (χ3v) is 4.18. The predicted molar refractivity (Wildman–Crippen MR) is 89.9 cm³/mol. The van der Waals surface area contributed by atoms with Gasteiger partial charge in [0.15, 0.2) is 0 Å². The van der Waals surface area contributed by atoms with Gasteiger partial charge in [0.25, 0.3) is 0 Å². The standard InChI is InChI=1S/C19H22N2O2/c1-14-3-2-4-16(9-14)13-23-18-7-5-15(6-8-18)10-21-11-17(12-21)19(20)22/h2-9,17H,10-13H2,1H3,(H2,20,22). The fourth-order valence-corrected chi connectivity index (χ4v) is 2.80. The summed E-state index contributed by atoms with van der Waals surface area (Å²) in [5, 5.41) is 0. The molecule has 3 rings (SSSR count). The number of aryl methyl sites for hydroxylation is 1. The third-order valence-electron chi connectivity index (χ3n) is 4.18. The largest absolute Gasteiger partial charge is 0.489 e. The van der Waals surface area contributed by atoms with Crippen molar-refractivity contribution in [3.05, 3.63) is 65.2 Å². The van der Waals surface area contributed by atoms with Crippen LogP contribution in [-0.2, 0) is 17.9 Å². The average Bonchev–Trinajstić information content (AvgIpc) is 2.49. The molecule has 1 amide bonds. The Kier molecular flexibility index (Phi) is 4.63. The molecule has 0 aromatic heterocycles. The van der Waals surface area contributed by atoms with Crippen molar-refractivity contribution < 1.29 is 9.53 Å². The van der Waals surface area contributed by atoms with E-state index in [2.05, 4.69) is 42.2 Å². The van der Waals surface area contributed by atoms with E-state index in [4.69, 9.17) is 10.5 Å². The maximum Gasteiger partial charge on any atom is 0.223 e. The van der Waals surface area contributed by atoms with Gasteiger partial charge in [0.1, 0.15) is 12.4 Å². The summed E-state index contributed by atoms with van der Waals surface area (Å²) < 4.78 is 5.82. The molecule has 4 heteroatoms. The Bertz CT molecular complexity index is 676. The second-order valence-corrected chi connectivity index (χ2v) is 6.22. The van der Waals surface area contributed by atoms with Crippen LogP contribution in [0.3, 0.4) is 0 Å². The number of carbonyl (C=O) groups is 1. The Morgan fingerprint density at radius 1 is 1.17 bits per heavy atom. The van der Waals surface area contributed by atoms with Crippen molar-refractivity contribution in [2.24, 2.45) is 11.7 Å². The predicted octanol–water partition coefficient (Wildman–Crippen LogP) is 2.49. The van der Waals surface area contributed by atoms with Gasteiger partial charge in [-0.1, -0.05) is 42.0 Å². The summed E-state index contributed by atoms with van der Waals surface area (Å²) in [5.74, 6) is 0.696. The second-order valence-electron chi connectivity index (χ2n) is 6.22. The minimum Gasteiger partial charge on any atom is -0.489 e. The summed E-state index contributed by atoms with van der Waals surface area (Å²) in [5.41, 5.74) is 8.91. The van der Waals surface area contributed by atoms with Crippen molar-refractivity contribution in [1.29, 1.82) is 0 Å². The summed E-state index contributed by atoms with van der Waals surface area (Å²) in [4.78, 5) is 13.2. The van der Waals surface area contributed by atoms with Crippen molar-refractivity contribution >= 4 is 5.91 Å². The van der Waals surface area contributed by atoms with Crippen LogP contribution in [0.2, 0.25) is 0 Å². The molecule has 0 saturated carbocycles. The highest BCUT2D eigenvalue weighted by molar-refractivity contribution is 5.78. The fourth-order valence-electron chi connectivity index (χ4n) is 2.80. The summed E-state index contributed by atoms with van der Waals surface area (Å²) >= 11 is 0. The number of ether oxygens (including phenoxy) is 1. The smallest absolute Gasteiger partial charge is 0.223 e. The van der Waals surface area contributed by atoms with E-state index < -0.39 is 0 Å². The first-order valence-corrected chi connectivity index (χ1v) is 7.89. The first-order chi connectivity index (χ1) is 11.1. The van der Waals surface area contributed by atoms with Crippen LogP contribution < -0.4 is 10.5 Å².